The second kappa shape index (κ2) is 5.01. The number of carbonyl (C=O) groups excluding carboxylic acids is 1. The Morgan fingerprint density at radius 3 is 2.74 bits per heavy atom. The first-order valence-corrected chi connectivity index (χ1v) is 6.12. The summed E-state index contributed by atoms with van der Waals surface area (Å²) in [6.07, 6.45) is 1.41. The van der Waals surface area contributed by atoms with Crippen LogP contribution in [0.15, 0.2) is 24.4 Å². The molecule has 1 aromatic carbocycles. The van der Waals surface area contributed by atoms with Crippen LogP contribution in [0, 0.1) is 5.82 Å². The molecular formula is C13H13ClFN3O. The van der Waals surface area contributed by atoms with Crippen molar-refractivity contribution in [3.8, 4) is 0 Å². The number of halogens is 2. The predicted molar refractivity (Wildman–Crippen MR) is 71.9 cm³/mol. The number of anilines is 1. The van der Waals surface area contributed by atoms with Gasteiger partial charge in [-0.1, -0.05) is 11.6 Å². The molecule has 0 saturated carbocycles. The molecule has 0 aliphatic heterocycles. The molecule has 1 heterocycles. The Morgan fingerprint density at radius 1 is 1.47 bits per heavy atom. The van der Waals surface area contributed by atoms with Crippen molar-refractivity contribution in [1.82, 2.24) is 9.78 Å². The van der Waals surface area contributed by atoms with E-state index in [0.717, 1.165) is 6.07 Å². The molecule has 2 aromatic rings. The molecule has 1 aromatic heterocycles. The van der Waals surface area contributed by atoms with Gasteiger partial charge in [-0.15, -0.1) is 0 Å². The molecule has 6 heteroatoms. The number of hydrogen-bond acceptors (Lipinski definition) is 3. The van der Waals surface area contributed by atoms with Gasteiger partial charge < -0.3 is 5.73 Å². The molecule has 0 aliphatic carbocycles. The van der Waals surface area contributed by atoms with Gasteiger partial charge in [0.25, 0.3) is 0 Å². The first-order chi connectivity index (χ1) is 8.91. The van der Waals surface area contributed by atoms with Gasteiger partial charge >= 0.3 is 0 Å². The second-order valence-electron chi connectivity index (χ2n) is 4.44. The van der Waals surface area contributed by atoms with Crippen LogP contribution < -0.4 is 5.73 Å². The zero-order valence-corrected chi connectivity index (χ0v) is 11.3. The molecular weight excluding hydrogens is 269 g/mol. The Balaban J connectivity index is 2.49. The minimum Gasteiger partial charge on any atom is -0.396 e. The van der Waals surface area contributed by atoms with E-state index in [9.17, 15) is 9.18 Å². The molecule has 0 fully saturated rings. The Bertz CT molecular complexity index is 637. The number of rotatable bonds is 3. The number of carbonyl (C=O) groups is 1. The Hall–Kier alpha value is -1.88. The summed E-state index contributed by atoms with van der Waals surface area (Å²) in [5.74, 6) is -1.01. The van der Waals surface area contributed by atoms with Crippen molar-refractivity contribution in [2.24, 2.45) is 0 Å². The van der Waals surface area contributed by atoms with Gasteiger partial charge in [0.15, 0.2) is 0 Å². The van der Waals surface area contributed by atoms with E-state index in [4.69, 9.17) is 17.3 Å². The quantitative estimate of drug-likeness (QED) is 0.695. The van der Waals surface area contributed by atoms with Crippen LogP contribution in [0.4, 0.5) is 10.1 Å². The van der Waals surface area contributed by atoms with E-state index in [1.54, 1.807) is 0 Å². The van der Waals surface area contributed by atoms with Crippen molar-refractivity contribution in [2.75, 3.05) is 5.73 Å². The van der Waals surface area contributed by atoms with Crippen LogP contribution in [-0.2, 0) is 0 Å². The zero-order valence-electron chi connectivity index (χ0n) is 10.5. The molecule has 0 atom stereocenters. The summed E-state index contributed by atoms with van der Waals surface area (Å²) in [5, 5.41) is 4.29. The molecule has 0 unspecified atom stereocenters. The first-order valence-electron chi connectivity index (χ1n) is 5.74. The molecule has 2 rings (SSSR count). The average Bonchev–Trinajstić information content (AvgIpc) is 2.74. The number of nitrogens with two attached hydrogens (primary N) is 1. The maximum Gasteiger partial charge on any atom is 0.212 e. The third-order valence-electron chi connectivity index (χ3n) is 2.72. The standard InChI is InChI=1S/C13H13ClFN3O/c1-7(2)18-12(9(14)6-17-18)13(19)8-3-4-11(16)10(15)5-8/h3-7H,16H2,1-2H3. The number of hydrogen-bond donors (Lipinski definition) is 1. The SMILES string of the molecule is CC(C)n1ncc(Cl)c1C(=O)c1ccc(N)c(F)c1. The number of nitrogens with zero attached hydrogens (tertiary/aromatic N) is 2. The molecule has 2 N–H and O–H groups in total. The lowest BCUT2D eigenvalue weighted by Gasteiger charge is -2.10. The molecule has 0 amide bonds. The molecule has 0 bridgehead atoms. The summed E-state index contributed by atoms with van der Waals surface area (Å²) in [4.78, 5) is 12.4. The second-order valence-corrected chi connectivity index (χ2v) is 4.85. The predicted octanol–water partition coefficient (Wildman–Crippen LogP) is 3.07. The Morgan fingerprint density at radius 2 is 2.16 bits per heavy atom. The van der Waals surface area contributed by atoms with E-state index >= 15 is 0 Å². The van der Waals surface area contributed by atoms with Crippen LogP contribution in [0.5, 0.6) is 0 Å². The van der Waals surface area contributed by atoms with Gasteiger partial charge in [0, 0.05) is 11.6 Å². The molecule has 0 saturated heterocycles. The van der Waals surface area contributed by atoms with Gasteiger partial charge in [0.05, 0.1) is 16.9 Å². The van der Waals surface area contributed by atoms with Gasteiger partial charge in [0.2, 0.25) is 5.78 Å². The van der Waals surface area contributed by atoms with Gasteiger partial charge in [-0.05, 0) is 32.0 Å². The van der Waals surface area contributed by atoms with Crippen molar-refractivity contribution >= 4 is 23.1 Å². The zero-order chi connectivity index (χ0) is 14.2. The van der Waals surface area contributed by atoms with E-state index in [1.165, 1.54) is 23.0 Å². The molecule has 19 heavy (non-hydrogen) atoms. The molecule has 4 nitrogen and oxygen atoms in total. The number of nitrogen functional groups attached to an aromatic ring is 1. The highest BCUT2D eigenvalue weighted by atomic mass is 35.5. The van der Waals surface area contributed by atoms with E-state index in [0.29, 0.717) is 0 Å². The minimum absolute atomic E-state index is 0.0000131. The number of benzene rings is 1. The van der Waals surface area contributed by atoms with E-state index in [1.807, 2.05) is 13.8 Å². The van der Waals surface area contributed by atoms with Crippen molar-refractivity contribution < 1.29 is 9.18 Å². The van der Waals surface area contributed by atoms with Gasteiger partial charge in [0.1, 0.15) is 11.5 Å². The van der Waals surface area contributed by atoms with Crippen LogP contribution in [0.25, 0.3) is 0 Å². The summed E-state index contributed by atoms with van der Waals surface area (Å²) in [6.45, 7) is 3.76. The summed E-state index contributed by atoms with van der Waals surface area (Å²) in [6, 6.07) is 3.90. The summed E-state index contributed by atoms with van der Waals surface area (Å²) >= 11 is 5.98. The van der Waals surface area contributed by atoms with Gasteiger partial charge in [-0.3, -0.25) is 9.48 Å². The Labute approximate surface area is 115 Å². The highest BCUT2D eigenvalue weighted by Crippen LogP contribution is 2.23. The van der Waals surface area contributed by atoms with Crippen molar-refractivity contribution in [2.45, 2.75) is 19.9 Å². The lowest BCUT2D eigenvalue weighted by Crippen LogP contribution is -2.14. The summed E-state index contributed by atoms with van der Waals surface area (Å²) in [5.41, 5.74) is 5.83. The summed E-state index contributed by atoms with van der Waals surface area (Å²) in [7, 11) is 0. The monoisotopic (exact) mass is 281 g/mol. The van der Waals surface area contributed by atoms with Gasteiger partial charge in [-0.2, -0.15) is 5.10 Å². The van der Waals surface area contributed by atoms with E-state index in [2.05, 4.69) is 5.10 Å². The van der Waals surface area contributed by atoms with Crippen molar-refractivity contribution in [3.63, 3.8) is 0 Å². The Kier molecular flexibility index (Phi) is 3.57. The van der Waals surface area contributed by atoms with Crippen LogP contribution in [0.2, 0.25) is 5.02 Å². The van der Waals surface area contributed by atoms with Crippen molar-refractivity contribution in [3.05, 3.63) is 46.5 Å². The molecule has 0 radical (unpaired) electrons. The lowest BCUT2D eigenvalue weighted by atomic mass is 10.1. The molecule has 0 spiro atoms. The maximum atomic E-state index is 13.4. The normalized spacial score (nSPS) is 11.0. The third-order valence-corrected chi connectivity index (χ3v) is 2.99. The lowest BCUT2D eigenvalue weighted by molar-refractivity contribution is 0.102. The third kappa shape index (κ3) is 2.46. The minimum atomic E-state index is -0.627. The van der Waals surface area contributed by atoms with E-state index < -0.39 is 5.82 Å². The number of aromatic nitrogens is 2. The average molecular weight is 282 g/mol. The smallest absolute Gasteiger partial charge is 0.212 e. The van der Waals surface area contributed by atoms with E-state index in [-0.39, 0.29) is 33.8 Å². The van der Waals surface area contributed by atoms with Gasteiger partial charge in [-0.25, -0.2) is 4.39 Å². The topological polar surface area (TPSA) is 60.9 Å². The highest BCUT2D eigenvalue weighted by Gasteiger charge is 2.21. The van der Waals surface area contributed by atoms with Crippen LogP contribution >= 0.6 is 11.6 Å². The number of ketones is 1. The fraction of sp³-hybridized carbons (Fsp3) is 0.231. The first kappa shape index (κ1) is 13.5. The van der Waals surface area contributed by atoms with Crippen LogP contribution in [-0.4, -0.2) is 15.6 Å². The largest absolute Gasteiger partial charge is 0.396 e. The molecule has 100 valence electrons. The maximum absolute atomic E-state index is 13.4. The fourth-order valence-corrected chi connectivity index (χ4v) is 1.97. The van der Waals surface area contributed by atoms with Crippen molar-refractivity contribution in [1.29, 1.82) is 0 Å². The highest BCUT2D eigenvalue weighted by molar-refractivity contribution is 6.34. The fourth-order valence-electron chi connectivity index (χ4n) is 1.75. The molecule has 0 aliphatic rings. The summed E-state index contributed by atoms with van der Waals surface area (Å²) < 4.78 is 14.9. The van der Waals surface area contributed by atoms with Crippen LogP contribution in [0.3, 0.4) is 0 Å². The van der Waals surface area contributed by atoms with Crippen LogP contribution in [0.1, 0.15) is 35.9 Å².